The summed E-state index contributed by atoms with van der Waals surface area (Å²) < 4.78 is 0. The third-order valence-electron chi connectivity index (χ3n) is 8.19. The van der Waals surface area contributed by atoms with Crippen LogP contribution in [0.4, 0.5) is 0 Å². The first-order valence-corrected chi connectivity index (χ1v) is 15.7. The lowest BCUT2D eigenvalue weighted by atomic mass is 9.96. The molecule has 0 spiro atoms. The van der Waals surface area contributed by atoms with Gasteiger partial charge in [-0.3, -0.25) is 24.0 Å². The zero-order valence-corrected chi connectivity index (χ0v) is 26.4. The van der Waals surface area contributed by atoms with Gasteiger partial charge in [0.15, 0.2) is 0 Å². The van der Waals surface area contributed by atoms with Crippen LogP contribution in [-0.2, 0) is 35.2 Å². The molecule has 0 bridgehead atoms. The average molecular weight is 649 g/mol. The largest absolute Gasteiger partial charge is 0.508 e. The van der Waals surface area contributed by atoms with E-state index < -0.39 is 78.1 Å². The number of nitrogens with two attached hydrogens (primary N) is 2. The predicted molar refractivity (Wildman–Crippen MR) is 167 cm³/mol. The summed E-state index contributed by atoms with van der Waals surface area (Å²) in [5, 5.41) is 36.2. The van der Waals surface area contributed by atoms with E-state index in [1.807, 2.05) is 6.92 Å². The number of likely N-dealkylation sites (tertiary alicyclic amines) is 1. The van der Waals surface area contributed by atoms with Crippen LogP contribution < -0.4 is 27.4 Å². The van der Waals surface area contributed by atoms with E-state index >= 15 is 0 Å². The van der Waals surface area contributed by atoms with Gasteiger partial charge in [0.1, 0.15) is 29.9 Å². The summed E-state index contributed by atoms with van der Waals surface area (Å²) in [7, 11) is 0. The molecule has 256 valence electrons. The SMILES string of the molecule is CC[C@H](C)[C@H](NC(=O)[C@H](CCC(=O)O)NC(=O)[C@@H](N)CCCCN)C(=O)N1CCC[C@H]1C(=O)N[C@@H](Cc1ccc(O)cc1)C(=O)O. The Bertz CT molecular complexity index is 1210. The molecule has 1 fully saturated rings. The molecular formula is C31H48N6O9. The molecule has 15 nitrogen and oxygen atoms in total. The van der Waals surface area contributed by atoms with Crippen molar-refractivity contribution in [2.45, 2.75) is 102 Å². The molecule has 6 atom stereocenters. The average Bonchev–Trinajstić information content (AvgIpc) is 3.52. The fourth-order valence-corrected chi connectivity index (χ4v) is 5.21. The van der Waals surface area contributed by atoms with Crippen LogP contribution in [0.15, 0.2) is 24.3 Å². The van der Waals surface area contributed by atoms with Gasteiger partial charge in [0, 0.05) is 19.4 Å². The zero-order valence-electron chi connectivity index (χ0n) is 26.4. The van der Waals surface area contributed by atoms with E-state index in [1.54, 1.807) is 19.1 Å². The van der Waals surface area contributed by atoms with Crippen LogP contribution >= 0.6 is 0 Å². The molecule has 4 amide bonds. The van der Waals surface area contributed by atoms with Gasteiger partial charge < -0.3 is 47.6 Å². The number of carbonyl (C=O) groups is 6. The maximum absolute atomic E-state index is 13.9. The number of nitrogens with one attached hydrogen (secondary N) is 3. The molecule has 0 unspecified atom stereocenters. The number of carbonyl (C=O) groups excluding carboxylic acids is 4. The number of unbranched alkanes of at least 4 members (excludes halogenated alkanes) is 1. The highest BCUT2D eigenvalue weighted by Crippen LogP contribution is 2.22. The number of rotatable bonds is 19. The fourth-order valence-electron chi connectivity index (χ4n) is 5.21. The van der Waals surface area contributed by atoms with Crippen LogP contribution in [0.2, 0.25) is 0 Å². The van der Waals surface area contributed by atoms with E-state index in [9.17, 15) is 44.1 Å². The summed E-state index contributed by atoms with van der Waals surface area (Å²) in [4.78, 5) is 78.0. The number of hydrogen-bond acceptors (Lipinski definition) is 9. The van der Waals surface area contributed by atoms with Gasteiger partial charge in [-0.25, -0.2) is 4.79 Å². The van der Waals surface area contributed by atoms with E-state index in [0.29, 0.717) is 44.2 Å². The molecule has 1 aromatic carbocycles. The maximum atomic E-state index is 13.9. The standard InChI is InChI=1S/C31H48N6O9/c1-3-18(2)26(36-28(42)22(13-14-25(39)40)34-27(41)21(33)7-4-5-15-32)30(44)37-16-6-8-24(37)29(43)35-23(31(45)46)17-19-9-11-20(38)12-10-19/h9-12,18,21-24,26,38H,3-8,13-17,32-33H2,1-2H3,(H,34,41)(H,35,43)(H,36,42)(H,39,40)(H,45,46)/t18-,21-,22-,23-,24-,26-/m0/s1. The lowest BCUT2D eigenvalue weighted by molar-refractivity contribution is -0.145. The van der Waals surface area contributed by atoms with Gasteiger partial charge in [-0.05, 0) is 62.3 Å². The molecule has 15 heteroatoms. The second-order valence-electron chi connectivity index (χ2n) is 11.7. The maximum Gasteiger partial charge on any atom is 0.326 e. The minimum Gasteiger partial charge on any atom is -0.508 e. The lowest BCUT2D eigenvalue weighted by Crippen LogP contribution is -2.59. The molecule has 1 aliphatic heterocycles. The van der Waals surface area contributed by atoms with E-state index in [1.165, 1.54) is 17.0 Å². The third kappa shape index (κ3) is 11.6. The monoisotopic (exact) mass is 648 g/mol. The number of phenolic OH excluding ortho intramolecular Hbond substituents is 1. The van der Waals surface area contributed by atoms with Crippen molar-refractivity contribution in [3.63, 3.8) is 0 Å². The molecule has 1 aliphatic rings. The number of nitrogens with zero attached hydrogens (tertiary/aromatic N) is 1. The summed E-state index contributed by atoms with van der Waals surface area (Å²) in [5.74, 6) is -5.43. The number of carboxylic acid groups (broad SMARTS) is 2. The highest BCUT2D eigenvalue weighted by Gasteiger charge is 2.41. The van der Waals surface area contributed by atoms with Crippen LogP contribution in [0.5, 0.6) is 5.75 Å². The Hall–Kier alpha value is -4.24. The Morgan fingerprint density at radius 2 is 1.63 bits per heavy atom. The molecule has 1 aromatic rings. The molecule has 0 radical (unpaired) electrons. The summed E-state index contributed by atoms with van der Waals surface area (Å²) in [6, 6.07) is 0.308. The number of benzene rings is 1. The third-order valence-corrected chi connectivity index (χ3v) is 8.19. The number of carboxylic acids is 2. The lowest BCUT2D eigenvalue weighted by Gasteiger charge is -2.32. The number of aromatic hydroxyl groups is 1. The first-order chi connectivity index (χ1) is 21.8. The van der Waals surface area contributed by atoms with E-state index in [-0.39, 0.29) is 31.6 Å². The normalized spacial score (nSPS) is 17.7. The van der Waals surface area contributed by atoms with Crippen molar-refractivity contribution in [1.82, 2.24) is 20.9 Å². The summed E-state index contributed by atoms with van der Waals surface area (Å²) in [6.45, 7) is 4.19. The van der Waals surface area contributed by atoms with Crippen molar-refractivity contribution in [1.29, 1.82) is 0 Å². The Kier molecular flexibility index (Phi) is 15.4. The van der Waals surface area contributed by atoms with Crippen LogP contribution in [0.1, 0.15) is 70.8 Å². The van der Waals surface area contributed by atoms with E-state index in [2.05, 4.69) is 16.0 Å². The number of hydrogen-bond donors (Lipinski definition) is 8. The van der Waals surface area contributed by atoms with Crippen LogP contribution in [0.25, 0.3) is 0 Å². The molecule has 10 N–H and O–H groups in total. The van der Waals surface area contributed by atoms with Crippen molar-refractivity contribution in [3.8, 4) is 5.75 Å². The Labute approximate surface area is 268 Å². The van der Waals surface area contributed by atoms with Crippen LogP contribution in [0.3, 0.4) is 0 Å². The van der Waals surface area contributed by atoms with Gasteiger partial charge in [-0.15, -0.1) is 0 Å². The van der Waals surface area contributed by atoms with Crippen molar-refractivity contribution in [3.05, 3.63) is 29.8 Å². The van der Waals surface area contributed by atoms with Crippen LogP contribution in [-0.4, -0.2) is 99.1 Å². The van der Waals surface area contributed by atoms with Crippen LogP contribution in [0, 0.1) is 5.92 Å². The topological polar surface area (TPSA) is 254 Å². The summed E-state index contributed by atoms with van der Waals surface area (Å²) >= 11 is 0. The van der Waals surface area contributed by atoms with Gasteiger partial charge in [-0.1, -0.05) is 38.8 Å². The Balaban J connectivity index is 2.19. The van der Waals surface area contributed by atoms with Gasteiger partial charge in [0.2, 0.25) is 23.6 Å². The summed E-state index contributed by atoms with van der Waals surface area (Å²) in [6.07, 6.45) is 2.08. The highest BCUT2D eigenvalue weighted by atomic mass is 16.4. The fraction of sp³-hybridized carbons (Fsp3) is 0.613. The quantitative estimate of drug-likeness (QED) is 0.0914. The van der Waals surface area contributed by atoms with E-state index in [4.69, 9.17) is 11.5 Å². The minimum absolute atomic E-state index is 0.0141. The van der Waals surface area contributed by atoms with E-state index in [0.717, 1.165) is 0 Å². The minimum atomic E-state index is -1.29. The zero-order chi connectivity index (χ0) is 34.4. The van der Waals surface area contributed by atoms with Gasteiger partial charge >= 0.3 is 11.9 Å². The Morgan fingerprint density at radius 3 is 2.22 bits per heavy atom. The van der Waals surface area contributed by atoms with Gasteiger partial charge in [0.05, 0.1) is 6.04 Å². The molecule has 1 heterocycles. The molecule has 0 aliphatic carbocycles. The molecule has 2 rings (SSSR count). The van der Waals surface area contributed by atoms with Gasteiger partial charge in [0.25, 0.3) is 0 Å². The smallest absolute Gasteiger partial charge is 0.326 e. The number of aliphatic carboxylic acids is 2. The van der Waals surface area contributed by atoms with Gasteiger partial charge in [-0.2, -0.15) is 0 Å². The van der Waals surface area contributed by atoms with Crippen molar-refractivity contribution in [2.75, 3.05) is 13.1 Å². The molecule has 0 saturated carbocycles. The highest BCUT2D eigenvalue weighted by molar-refractivity contribution is 5.96. The number of amides is 4. The molecular weight excluding hydrogens is 600 g/mol. The first kappa shape index (κ1) is 37.9. The second-order valence-corrected chi connectivity index (χ2v) is 11.7. The number of phenols is 1. The van der Waals surface area contributed by atoms with Crippen molar-refractivity contribution < 1.29 is 44.1 Å². The predicted octanol–water partition coefficient (Wildman–Crippen LogP) is -0.168. The van der Waals surface area contributed by atoms with Crippen molar-refractivity contribution >= 4 is 35.6 Å². The second kappa shape index (κ2) is 18.7. The molecule has 0 aromatic heterocycles. The first-order valence-electron chi connectivity index (χ1n) is 15.7. The Morgan fingerprint density at radius 1 is 0.957 bits per heavy atom. The molecule has 1 saturated heterocycles. The summed E-state index contributed by atoms with van der Waals surface area (Å²) in [5.41, 5.74) is 12.0. The molecule has 46 heavy (non-hydrogen) atoms. The van der Waals surface area contributed by atoms with Crippen molar-refractivity contribution in [2.24, 2.45) is 17.4 Å².